The molecule has 0 fully saturated rings. The maximum absolute atomic E-state index is 2.47. The molecule has 20 heavy (non-hydrogen) atoms. The van der Waals surface area contributed by atoms with E-state index >= 15 is 0 Å². The van der Waals surface area contributed by atoms with Gasteiger partial charge in [-0.15, -0.1) is 0 Å². The average Bonchev–Trinajstić information content (AvgIpc) is 2.44. The highest BCUT2D eigenvalue weighted by Gasteiger charge is 2.05. The second-order valence-electron chi connectivity index (χ2n) is 7.19. The van der Waals surface area contributed by atoms with Crippen LogP contribution in [0, 0.1) is 11.8 Å². The van der Waals surface area contributed by atoms with Gasteiger partial charge in [-0.05, 0) is 11.8 Å². The molecule has 0 amide bonds. The van der Waals surface area contributed by atoms with Crippen molar-refractivity contribution in [2.24, 2.45) is 11.8 Å². The van der Waals surface area contributed by atoms with Gasteiger partial charge in [-0.2, -0.15) is 0 Å². The molecule has 0 rings (SSSR count). The lowest BCUT2D eigenvalue weighted by Crippen LogP contribution is -1.99. The molecule has 0 aromatic rings. The van der Waals surface area contributed by atoms with Gasteiger partial charge in [0.25, 0.3) is 0 Å². The maximum atomic E-state index is 2.47. The van der Waals surface area contributed by atoms with Gasteiger partial charge in [0.15, 0.2) is 0 Å². The van der Waals surface area contributed by atoms with Gasteiger partial charge in [-0.1, -0.05) is 118 Å². The van der Waals surface area contributed by atoms with Crippen LogP contribution in [0.2, 0.25) is 0 Å². The fourth-order valence-electron chi connectivity index (χ4n) is 3.11. The highest BCUT2D eigenvalue weighted by molar-refractivity contribution is 4.58. The molecule has 2 unspecified atom stereocenters. The van der Waals surface area contributed by atoms with Crippen molar-refractivity contribution >= 4 is 0 Å². The summed E-state index contributed by atoms with van der Waals surface area (Å²) in [5, 5.41) is 0. The highest BCUT2D eigenvalue weighted by Crippen LogP contribution is 2.21. The molecule has 0 aromatic heterocycles. The van der Waals surface area contributed by atoms with Crippen molar-refractivity contribution in [1.29, 1.82) is 0 Å². The molecular formula is C20H42. The average molecular weight is 283 g/mol. The van der Waals surface area contributed by atoms with Crippen LogP contribution in [0.15, 0.2) is 0 Å². The fraction of sp³-hybridized carbons (Fsp3) is 1.00. The molecule has 0 aromatic carbocycles. The second-order valence-corrected chi connectivity index (χ2v) is 7.19. The van der Waals surface area contributed by atoms with Gasteiger partial charge in [0.05, 0.1) is 0 Å². The fourth-order valence-corrected chi connectivity index (χ4v) is 3.11. The quantitative estimate of drug-likeness (QED) is 0.269. The predicted octanol–water partition coefficient (Wildman–Crippen LogP) is 7.76. The molecule has 0 N–H and O–H groups in total. The highest BCUT2D eigenvalue weighted by atomic mass is 14.1. The summed E-state index contributed by atoms with van der Waals surface area (Å²) in [5.74, 6) is 1.92. The Kier molecular flexibility index (Phi) is 15.4. The molecule has 0 spiro atoms. The van der Waals surface area contributed by atoms with Crippen LogP contribution in [0.5, 0.6) is 0 Å². The van der Waals surface area contributed by atoms with Crippen molar-refractivity contribution in [3.63, 3.8) is 0 Å². The summed E-state index contributed by atoms with van der Waals surface area (Å²) >= 11 is 0. The van der Waals surface area contributed by atoms with Gasteiger partial charge in [0, 0.05) is 0 Å². The molecule has 0 nitrogen and oxygen atoms in total. The Morgan fingerprint density at radius 3 is 1.40 bits per heavy atom. The van der Waals surface area contributed by atoms with E-state index in [2.05, 4.69) is 27.7 Å². The van der Waals surface area contributed by atoms with Crippen LogP contribution < -0.4 is 0 Å². The maximum Gasteiger partial charge on any atom is -0.0443 e. The van der Waals surface area contributed by atoms with E-state index in [9.17, 15) is 0 Å². The number of hydrogen-bond acceptors (Lipinski definition) is 0. The van der Waals surface area contributed by atoms with Crippen molar-refractivity contribution in [1.82, 2.24) is 0 Å². The molecule has 0 aliphatic carbocycles. The Morgan fingerprint density at radius 2 is 0.850 bits per heavy atom. The van der Waals surface area contributed by atoms with Crippen molar-refractivity contribution in [2.45, 2.75) is 118 Å². The summed E-state index contributed by atoms with van der Waals surface area (Å²) < 4.78 is 0. The van der Waals surface area contributed by atoms with Gasteiger partial charge in [0.2, 0.25) is 0 Å². The summed E-state index contributed by atoms with van der Waals surface area (Å²) in [7, 11) is 0. The van der Waals surface area contributed by atoms with Crippen LogP contribution in [-0.2, 0) is 0 Å². The molecule has 0 saturated carbocycles. The standard InChI is InChI=1S/C20H42/c1-5-7-9-10-11-12-13-16-20(4)18-14-17-19(3)15-8-6-2/h19-20H,5-18H2,1-4H3. The summed E-state index contributed by atoms with van der Waals surface area (Å²) in [6.07, 6.45) is 20.2. The van der Waals surface area contributed by atoms with Crippen LogP contribution in [-0.4, -0.2) is 0 Å². The van der Waals surface area contributed by atoms with Crippen LogP contribution in [0.1, 0.15) is 118 Å². The summed E-state index contributed by atoms with van der Waals surface area (Å²) in [6, 6.07) is 0. The minimum atomic E-state index is 0.959. The van der Waals surface area contributed by atoms with Crippen molar-refractivity contribution in [2.75, 3.05) is 0 Å². The van der Waals surface area contributed by atoms with E-state index < -0.39 is 0 Å². The number of rotatable bonds is 15. The second kappa shape index (κ2) is 15.4. The van der Waals surface area contributed by atoms with E-state index in [1.807, 2.05) is 0 Å². The number of unbranched alkanes of at least 4 members (excludes halogenated alkanes) is 7. The van der Waals surface area contributed by atoms with Gasteiger partial charge < -0.3 is 0 Å². The largest absolute Gasteiger partial charge is 0.0654 e. The lowest BCUT2D eigenvalue weighted by molar-refractivity contribution is 0.394. The third-order valence-corrected chi connectivity index (χ3v) is 4.74. The first-order valence-electron chi connectivity index (χ1n) is 9.70. The normalized spacial score (nSPS) is 14.4. The van der Waals surface area contributed by atoms with Crippen LogP contribution in [0.3, 0.4) is 0 Å². The Morgan fingerprint density at radius 1 is 0.450 bits per heavy atom. The monoisotopic (exact) mass is 282 g/mol. The van der Waals surface area contributed by atoms with Crippen LogP contribution in [0.25, 0.3) is 0 Å². The van der Waals surface area contributed by atoms with Crippen LogP contribution >= 0.6 is 0 Å². The molecule has 0 radical (unpaired) electrons. The van der Waals surface area contributed by atoms with E-state index in [1.54, 1.807) is 0 Å². The van der Waals surface area contributed by atoms with Gasteiger partial charge in [0.1, 0.15) is 0 Å². The Bertz CT molecular complexity index is 173. The van der Waals surface area contributed by atoms with E-state index in [-0.39, 0.29) is 0 Å². The van der Waals surface area contributed by atoms with E-state index in [4.69, 9.17) is 0 Å². The van der Waals surface area contributed by atoms with E-state index in [1.165, 1.54) is 89.9 Å². The van der Waals surface area contributed by atoms with Crippen molar-refractivity contribution < 1.29 is 0 Å². The molecule has 122 valence electrons. The van der Waals surface area contributed by atoms with E-state index in [0.29, 0.717) is 0 Å². The van der Waals surface area contributed by atoms with Crippen LogP contribution in [0.4, 0.5) is 0 Å². The van der Waals surface area contributed by atoms with Crippen molar-refractivity contribution in [3.8, 4) is 0 Å². The molecule has 0 saturated heterocycles. The van der Waals surface area contributed by atoms with Gasteiger partial charge in [-0.3, -0.25) is 0 Å². The first-order chi connectivity index (χ1) is 9.70. The molecule has 0 aliphatic rings. The molecule has 0 bridgehead atoms. The lowest BCUT2D eigenvalue weighted by atomic mass is 9.92. The first kappa shape index (κ1) is 20.0. The Hall–Kier alpha value is 0. The Labute approximate surface area is 130 Å². The van der Waals surface area contributed by atoms with Crippen molar-refractivity contribution in [3.05, 3.63) is 0 Å². The third-order valence-electron chi connectivity index (χ3n) is 4.74. The van der Waals surface area contributed by atoms with E-state index in [0.717, 1.165) is 11.8 Å². The zero-order valence-electron chi connectivity index (χ0n) is 15.1. The third kappa shape index (κ3) is 14.4. The molecule has 0 heterocycles. The first-order valence-corrected chi connectivity index (χ1v) is 9.70. The summed E-state index contributed by atoms with van der Waals surface area (Å²) in [5.41, 5.74) is 0. The molecular weight excluding hydrogens is 240 g/mol. The lowest BCUT2D eigenvalue weighted by Gasteiger charge is -2.14. The van der Waals surface area contributed by atoms with Gasteiger partial charge >= 0.3 is 0 Å². The van der Waals surface area contributed by atoms with Gasteiger partial charge in [-0.25, -0.2) is 0 Å². The Balaban J connectivity index is 3.26. The smallest absolute Gasteiger partial charge is 0.0443 e. The molecule has 0 heteroatoms. The summed E-state index contributed by atoms with van der Waals surface area (Å²) in [6.45, 7) is 9.51. The predicted molar refractivity (Wildman–Crippen MR) is 94.3 cm³/mol. The zero-order valence-corrected chi connectivity index (χ0v) is 15.1. The molecule has 0 aliphatic heterocycles. The number of hydrogen-bond donors (Lipinski definition) is 0. The minimum Gasteiger partial charge on any atom is -0.0654 e. The molecule has 2 atom stereocenters. The SMILES string of the molecule is CCCCCCCCCC(C)CCCC(C)CCCC. The zero-order chi connectivity index (χ0) is 15.1. The summed E-state index contributed by atoms with van der Waals surface area (Å²) in [4.78, 5) is 0. The topological polar surface area (TPSA) is 0 Å². The minimum absolute atomic E-state index is 0.959.